The van der Waals surface area contributed by atoms with Gasteiger partial charge >= 0.3 is 5.97 Å². The van der Waals surface area contributed by atoms with Crippen LogP contribution < -0.4 is 5.32 Å². The summed E-state index contributed by atoms with van der Waals surface area (Å²) in [6.07, 6.45) is 4.36. The first-order valence-corrected chi connectivity index (χ1v) is 7.27. The van der Waals surface area contributed by atoms with Crippen molar-refractivity contribution in [2.45, 2.75) is 32.4 Å². The van der Waals surface area contributed by atoms with Gasteiger partial charge < -0.3 is 10.1 Å². The van der Waals surface area contributed by atoms with Crippen molar-refractivity contribution in [2.75, 3.05) is 19.7 Å². The SMILES string of the molecule is CCCOC(=O)CC1C(=O)NCCN1Cc1cccnc1. The van der Waals surface area contributed by atoms with E-state index in [1.54, 1.807) is 12.4 Å². The van der Waals surface area contributed by atoms with E-state index in [-0.39, 0.29) is 18.3 Å². The standard InChI is InChI=1S/C15H21N3O3/c1-2-8-21-14(19)9-13-15(20)17-6-7-18(13)11-12-4-3-5-16-10-12/h3-5,10,13H,2,6-9,11H2,1H3,(H,17,20). The molecular weight excluding hydrogens is 270 g/mol. The van der Waals surface area contributed by atoms with Crippen molar-refractivity contribution < 1.29 is 14.3 Å². The zero-order valence-electron chi connectivity index (χ0n) is 12.2. The Kier molecular flexibility index (Phi) is 5.68. The van der Waals surface area contributed by atoms with E-state index in [9.17, 15) is 9.59 Å². The second kappa shape index (κ2) is 7.73. The van der Waals surface area contributed by atoms with Crippen molar-refractivity contribution in [3.63, 3.8) is 0 Å². The average molecular weight is 291 g/mol. The molecule has 2 rings (SSSR count). The van der Waals surface area contributed by atoms with E-state index in [0.717, 1.165) is 12.0 Å². The van der Waals surface area contributed by atoms with Gasteiger partial charge in [0.2, 0.25) is 5.91 Å². The van der Waals surface area contributed by atoms with E-state index in [4.69, 9.17) is 4.74 Å². The summed E-state index contributed by atoms with van der Waals surface area (Å²) in [7, 11) is 0. The molecule has 0 bridgehead atoms. The van der Waals surface area contributed by atoms with Gasteiger partial charge in [-0.25, -0.2) is 0 Å². The third-order valence-corrected chi connectivity index (χ3v) is 3.38. The minimum atomic E-state index is -0.469. The number of hydrogen-bond donors (Lipinski definition) is 1. The first-order valence-electron chi connectivity index (χ1n) is 7.27. The maximum atomic E-state index is 12.0. The highest BCUT2D eigenvalue weighted by molar-refractivity contribution is 5.87. The molecule has 0 radical (unpaired) electrons. The first kappa shape index (κ1) is 15.4. The summed E-state index contributed by atoms with van der Waals surface area (Å²) in [4.78, 5) is 29.9. The van der Waals surface area contributed by atoms with Crippen molar-refractivity contribution in [2.24, 2.45) is 0 Å². The maximum Gasteiger partial charge on any atom is 0.307 e. The number of aromatic nitrogens is 1. The first-order chi connectivity index (χ1) is 10.2. The molecular formula is C15H21N3O3. The van der Waals surface area contributed by atoms with Crippen molar-refractivity contribution in [3.8, 4) is 0 Å². The Morgan fingerprint density at radius 1 is 1.57 bits per heavy atom. The third kappa shape index (κ3) is 4.53. The fourth-order valence-corrected chi connectivity index (χ4v) is 2.33. The molecule has 1 atom stereocenters. The molecule has 1 N–H and O–H groups in total. The molecule has 1 fully saturated rings. The number of carbonyl (C=O) groups is 2. The monoisotopic (exact) mass is 291 g/mol. The Bertz CT molecular complexity index is 478. The fourth-order valence-electron chi connectivity index (χ4n) is 2.33. The van der Waals surface area contributed by atoms with Gasteiger partial charge in [0, 0.05) is 32.0 Å². The van der Waals surface area contributed by atoms with E-state index in [0.29, 0.717) is 26.2 Å². The molecule has 0 spiro atoms. The fraction of sp³-hybridized carbons (Fsp3) is 0.533. The molecule has 1 amide bonds. The molecule has 1 saturated heterocycles. The van der Waals surface area contributed by atoms with E-state index in [2.05, 4.69) is 10.3 Å². The van der Waals surface area contributed by atoms with E-state index < -0.39 is 6.04 Å². The summed E-state index contributed by atoms with van der Waals surface area (Å²) < 4.78 is 5.08. The Labute approximate surface area is 124 Å². The van der Waals surface area contributed by atoms with Gasteiger partial charge in [-0.05, 0) is 18.1 Å². The largest absolute Gasteiger partial charge is 0.466 e. The molecule has 6 heteroatoms. The molecule has 0 saturated carbocycles. The lowest BCUT2D eigenvalue weighted by molar-refractivity contribution is -0.148. The predicted molar refractivity (Wildman–Crippen MR) is 77.3 cm³/mol. The van der Waals surface area contributed by atoms with Gasteiger partial charge in [0.05, 0.1) is 13.0 Å². The summed E-state index contributed by atoms with van der Waals surface area (Å²) >= 11 is 0. The number of nitrogens with zero attached hydrogens (tertiary/aromatic N) is 2. The van der Waals surface area contributed by atoms with Crippen LogP contribution in [0.15, 0.2) is 24.5 Å². The Hall–Kier alpha value is -1.95. The maximum absolute atomic E-state index is 12.0. The number of amides is 1. The lowest BCUT2D eigenvalue weighted by atomic mass is 10.1. The number of pyridine rings is 1. The van der Waals surface area contributed by atoms with Crippen LogP contribution in [-0.4, -0.2) is 47.5 Å². The lowest BCUT2D eigenvalue weighted by Gasteiger charge is -2.34. The summed E-state index contributed by atoms with van der Waals surface area (Å²) in [5.74, 6) is -0.436. The number of esters is 1. The highest BCUT2D eigenvalue weighted by atomic mass is 16.5. The molecule has 0 aliphatic carbocycles. The molecule has 1 aliphatic rings. The van der Waals surface area contributed by atoms with Gasteiger partial charge in [-0.2, -0.15) is 0 Å². The summed E-state index contributed by atoms with van der Waals surface area (Å²) in [5, 5.41) is 2.81. The molecule has 1 unspecified atom stereocenters. The number of hydrogen-bond acceptors (Lipinski definition) is 5. The number of piperazine rings is 1. The zero-order valence-corrected chi connectivity index (χ0v) is 12.2. The molecule has 1 aliphatic heterocycles. The second-order valence-corrected chi connectivity index (χ2v) is 5.06. The molecule has 114 valence electrons. The normalized spacial score (nSPS) is 19.1. The van der Waals surface area contributed by atoms with Gasteiger partial charge in [-0.15, -0.1) is 0 Å². The summed E-state index contributed by atoms with van der Waals surface area (Å²) in [6.45, 7) is 4.25. The number of rotatable bonds is 6. The van der Waals surface area contributed by atoms with Crippen molar-refractivity contribution in [3.05, 3.63) is 30.1 Å². The van der Waals surface area contributed by atoms with E-state index in [1.165, 1.54) is 0 Å². The molecule has 1 aromatic heterocycles. The van der Waals surface area contributed by atoms with E-state index in [1.807, 2.05) is 24.0 Å². The smallest absolute Gasteiger partial charge is 0.307 e. The van der Waals surface area contributed by atoms with Gasteiger partial charge in [-0.1, -0.05) is 13.0 Å². The van der Waals surface area contributed by atoms with Crippen LogP contribution in [0.25, 0.3) is 0 Å². The van der Waals surface area contributed by atoms with Crippen molar-refractivity contribution >= 4 is 11.9 Å². The Morgan fingerprint density at radius 3 is 3.14 bits per heavy atom. The molecule has 21 heavy (non-hydrogen) atoms. The van der Waals surface area contributed by atoms with Crippen LogP contribution >= 0.6 is 0 Å². The predicted octanol–water partition coefficient (Wildman–Crippen LogP) is 0.725. The van der Waals surface area contributed by atoms with Crippen LogP contribution in [0.2, 0.25) is 0 Å². The van der Waals surface area contributed by atoms with Crippen molar-refractivity contribution in [1.82, 2.24) is 15.2 Å². The number of nitrogens with one attached hydrogen (secondary N) is 1. The lowest BCUT2D eigenvalue weighted by Crippen LogP contribution is -2.55. The third-order valence-electron chi connectivity index (χ3n) is 3.38. The Balaban J connectivity index is 1.99. The van der Waals surface area contributed by atoms with Crippen LogP contribution in [0.4, 0.5) is 0 Å². The summed E-state index contributed by atoms with van der Waals surface area (Å²) in [6, 6.07) is 3.36. The van der Waals surface area contributed by atoms with Crippen LogP contribution in [0.1, 0.15) is 25.3 Å². The second-order valence-electron chi connectivity index (χ2n) is 5.06. The topological polar surface area (TPSA) is 71.5 Å². The molecule has 2 heterocycles. The highest BCUT2D eigenvalue weighted by Crippen LogP contribution is 2.14. The van der Waals surface area contributed by atoms with Crippen LogP contribution in [0.5, 0.6) is 0 Å². The Morgan fingerprint density at radius 2 is 2.43 bits per heavy atom. The van der Waals surface area contributed by atoms with Gasteiger partial charge in [-0.3, -0.25) is 19.5 Å². The average Bonchev–Trinajstić information content (AvgIpc) is 2.50. The molecule has 0 aromatic carbocycles. The quantitative estimate of drug-likeness (QED) is 0.782. The van der Waals surface area contributed by atoms with Crippen LogP contribution in [-0.2, 0) is 20.9 Å². The minimum Gasteiger partial charge on any atom is -0.466 e. The van der Waals surface area contributed by atoms with Gasteiger partial charge in [0.15, 0.2) is 0 Å². The number of carbonyl (C=O) groups excluding carboxylic acids is 2. The highest BCUT2D eigenvalue weighted by Gasteiger charge is 2.32. The van der Waals surface area contributed by atoms with Gasteiger partial charge in [0.25, 0.3) is 0 Å². The summed E-state index contributed by atoms with van der Waals surface area (Å²) in [5.41, 5.74) is 1.03. The molecule has 6 nitrogen and oxygen atoms in total. The van der Waals surface area contributed by atoms with E-state index >= 15 is 0 Å². The van der Waals surface area contributed by atoms with Crippen molar-refractivity contribution in [1.29, 1.82) is 0 Å². The van der Waals surface area contributed by atoms with Crippen LogP contribution in [0, 0.1) is 0 Å². The minimum absolute atomic E-state index is 0.0894. The van der Waals surface area contributed by atoms with Gasteiger partial charge in [0.1, 0.15) is 6.04 Å². The number of ether oxygens (including phenoxy) is 1. The molecule has 1 aromatic rings. The van der Waals surface area contributed by atoms with Crippen LogP contribution in [0.3, 0.4) is 0 Å². The zero-order chi connectivity index (χ0) is 15.1.